The van der Waals surface area contributed by atoms with Crippen molar-refractivity contribution in [3.05, 3.63) is 117 Å². The van der Waals surface area contributed by atoms with Crippen LogP contribution in [0.15, 0.2) is 66.9 Å². The average molecular weight is 618 g/mol. The van der Waals surface area contributed by atoms with Crippen molar-refractivity contribution in [3.63, 3.8) is 0 Å². The molecule has 2 N–H and O–H groups in total. The van der Waals surface area contributed by atoms with Gasteiger partial charge in [-0.05, 0) is 77.8 Å². The molecule has 3 aromatic carbocycles. The lowest BCUT2D eigenvalue weighted by Crippen LogP contribution is -2.21. The molecule has 0 bridgehead atoms. The van der Waals surface area contributed by atoms with Crippen LogP contribution in [0.2, 0.25) is 10.3 Å². The van der Waals surface area contributed by atoms with Crippen LogP contribution in [0.3, 0.4) is 0 Å². The third kappa shape index (κ3) is 5.03. The quantitative estimate of drug-likeness (QED) is 0.211. The van der Waals surface area contributed by atoms with Gasteiger partial charge in [-0.25, -0.2) is 13.3 Å². The number of halogens is 7. The van der Waals surface area contributed by atoms with E-state index >= 15 is 0 Å². The standard InChI is InChI=1S/C28H14Cl2F5N5O2/c29-20-3-2-16(31)10-18(20)24-23-19(26(42)38-24)7-13(12-1-4-22-37-27(30)39-40(22)11-12)8-21(23)36-25(41)14-5-15(28(33,34)35)9-17(32)6-14/h1-11,24H,(H,36,41)(H,38,42). The van der Waals surface area contributed by atoms with Gasteiger partial charge < -0.3 is 10.6 Å². The summed E-state index contributed by atoms with van der Waals surface area (Å²) < 4.78 is 69.6. The molecule has 0 spiro atoms. The third-order valence-electron chi connectivity index (χ3n) is 6.63. The van der Waals surface area contributed by atoms with Crippen LogP contribution in [0.4, 0.5) is 27.6 Å². The Kier molecular flexibility index (Phi) is 6.62. The van der Waals surface area contributed by atoms with Crippen LogP contribution in [0.5, 0.6) is 0 Å². The molecule has 0 radical (unpaired) electrons. The summed E-state index contributed by atoms with van der Waals surface area (Å²) in [5, 5.41) is 9.38. The van der Waals surface area contributed by atoms with Crippen LogP contribution < -0.4 is 10.6 Å². The van der Waals surface area contributed by atoms with Gasteiger partial charge in [0.2, 0.25) is 5.28 Å². The SMILES string of the molecule is O=C(Nc1cc(-c2ccc3nc(Cl)nn3c2)cc2c1C(c1cc(F)ccc1Cl)NC2=O)c1cc(F)cc(C(F)(F)F)c1. The van der Waals surface area contributed by atoms with E-state index in [1.165, 1.54) is 22.7 Å². The van der Waals surface area contributed by atoms with Gasteiger partial charge in [-0.15, -0.1) is 5.10 Å². The molecule has 0 saturated carbocycles. The third-order valence-corrected chi connectivity index (χ3v) is 7.14. The summed E-state index contributed by atoms with van der Waals surface area (Å²) in [5.74, 6) is -3.57. The number of anilines is 1. The number of carbonyl (C=O) groups excluding carboxylic acids is 2. The van der Waals surface area contributed by atoms with E-state index in [9.17, 15) is 31.5 Å². The van der Waals surface area contributed by atoms with Crippen LogP contribution in [0.1, 0.15) is 43.4 Å². The topological polar surface area (TPSA) is 88.4 Å². The molecule has 212 valence electrons. The number of rotatable bonds is 4. The molecular weight excluding hydrogens is 604 g/mol. The van der Waals surface area contributed by atoms with E-state index in [0.29, 0.717) is 28.9 Å². The molecule has 1 aliphatic heterocycles. The number of pyridine rings is 1. The number of hydrogen-bond acceptors (Lipinski definition) is 4. The van der Waals surface area contributed by atoms with Crippen molar-refractivity contribution in [1.29, 1.82) is 0 Å². The molecule has 2 amide bonds. The van der Waals surface area contributed by atoms with Crippen molar-refractivity contribution in [2.45, 2.75) is 12.2 Å². The first kappa shape index (κ1) is 27.6. The van der Waals surface area contributed by atoms with Crippen molar-refractivity contribution in [3.8, 4) is 11.1 Å². The highest BCUT2D eigenvalue weighted by Crippen LogP contribution is 2.42. The highest BCUT2D eigenvalue weighted by molar-refractivity contribution is 6.31. The molecule has 2 aromatic heterocycles. The average Bonchev–Trinajstić information content (AvgIpc) is 3.47. The van der Waals surface area contributed by atoms with E-state index < -0.39 is 46.8 Å². The molecule has 1 unspecified atom stereocenters. The number of amides is 2. The van der Waals surface area contributed by atoms with Gasteiger partial charge in [0.15, 0.2) is 5.65 Å². The van der Waals surface area contributed by atoms with Gasteiger partial charge in [-0.3, -0.25) is 9.59 Å². The lowest BCUT2D eigenvalue weighted by molar-refractivity contribution is -0.137. The Bertz CT molecular complexity index is 1940. The van der Waals surface area contributed by atoms with E-state index in [-0.39, 0.29) is 38.8 Å². The number of nitrogens with zero attached hydrogens (tertiary/aromatic N) is 3. The second-order valence-electron chi connectivity index (χ2n) is 9.34. The molecule has 6 rings (SSSR count). The van der Waals surface area contributed by atoms with E-state index in [1.54, 1.807) is 18.3 Å². The lowest BCUT2D eigenvalue weighted by atomic mass is 9.93. The van der Waals surface area contributed by atoms with E-state index in [1.807, 2.05) is 0 Å². The zero-order chi connectivity index (χ0) is 29.9. The maximum absolute atomic E-state index is 14.2. The van der Waals surface area contributed by atoms with Crippen molar-refractivity contribution in [2.24, 2.45) is 0 Å². The fourth-order valence-electron chi connectivity index (χ4n) is 4.78. The molecule has 0 aliphatic carbocycles. The fourth-order valence-corrected chi connectivity index (χ4v) is 5.17. The van der Waals surface area contributed by atoms with Crippen molar-refractivity contribution < 1.29 is 31.5 Å². The fraction of sp³-hybridized carbons (Fsp3) is 0.0714. The van der Waals surface area contributed by atoms with E-state index in [2.05, 4.69) is 20.7 Å². The minimum atomic E-state index is -4.91. The smallest absolute Gasteiger partial charge is 0.341 e. The Balaban J connectivity index is 1.51. The summed E-state index contributed by atoms with van der Waals surface area (Å²) in [4.78, 5) is 30.5. The molecular formula is C28H14Cl2F5N5O2. The highest BCUT2D eigenvalue weighted by Gasteiger charge is 2.36. The second-order valence-corrected chi connectivity index (χ2v) is 10.1. The monoisotopic (exact) mass is 617 g/mol. The molecule has 0 saturated heterocycles. The largest absolute Gasteiger partial charge is 0.416 e. The predicted molar refractivity (Wildman–Crippen MR) is 144 cm³/mol. The van der Waals surface area contributed by atoms with E-state index in [4.69, 9.17) is 23.2 Å². The Morgan fingerprint density at radius 2 is 1.74 bits per heavy atom. The van der Waals surface area contributed by atoms with Gasteiger partial charge in [0, 0.05) is 44.7 Å². The summed E-state index contributed by atoms with van der Waals surface area (Å²) in [6.45, 7) is 0. The predicted octanol–water partition coefficient (Wildman–Crippen LogP) is 7.09. The van der Waals surface area contributed by atoms with Gasteiger partial charge in [-0.2, -0.15) is 18.2 Å². The molecule has 7 nitrogen and oxygen atoms in total. The zero-order valence-corrected chi connectivity index (χ0v) is 22.2. The first-order valence-electron chi connectivity index (χ1n) is 12.0. The van der Waals surface area contributed by atoms with Gasteiger partial charge in [0.05, 0.1) is 11.6 Å². The van der Waals surface area contributed by atoms with E-state index in [0.717, 1.165) is 12.1 Å². The number of alkyl halides is 3. The Hall–Kier alpha value is -4.55. The van der Waals surface area contributed by atoms with Crippen LogP contribution in [-0.2, 0) is 6.18 Å². The second kappa shape index (κ2) is 10.1. The maximum atomic E-state index is 14.2. The molecule has 1 atom stereocenters. The lowest BCUT2D eigenvalue weighted by Gasteiger charge is -2.19. The number of carbonyl (C=O) groups is 2. The summed E-state index contributed by atoms with van der Waals surface area (Å²) in [6, 6.07) is 10.2. The normalized spacial score (nSPS) is 14.6. The van der Waals surface area contributed by atoms with Crippen LogP contribution >= 0.6 is 23.2 Å². The molecule has 5 aromatic rings. The minimum Gasteiger partial charge on any atom is -0.341 e. The van der Waals surface area contributed by atoms with Crippen molar-refractivity contribution in [2.75, 3.05) is 5.32 Å². The summed E-state index contributed by atoms with van der Waals surface area (Å²) in [5.41, 5.74) is -0.195. The number of nitrogens with one attached hydrogen (secondary N) is 2. The van der Waals surface area contributed by atoms with Gasteiger partial charge in [0.1, 0.15) is 11.6 Å². The molecule has 3 heterocycles. The zero-order valence-electron chi connectivity index (χ0n) is 20.7. The molecule has 42 heavy (non-hydrogen) atoms. The van der Waals surface area contributed by atoms with Crippen molar-refractivity contribution in [1.82, 2.24) is 19.9 Å². The van der Waals surface area contributed by atoms with Crippen LogP contribution in [0.25, 0.3) is 16.8 Å². The number of hydrogen-bond donors (Lipinski definition) is 2. The number of aromatic nitrogens is 3. The maximum Gasteiger partial charge on any atom is 0.416 e. The molecule has 0 fully saturated rings. The minimum absolute atomic E-state index is 0.00318. The summed E-state index contributed by atoms with van der Waals surface area (Å²) in [6.07, 6.45) is -3.34. The first-order chi connectivity index (χ1) is 19.9. The van der Waals surface area contributed by atoms with Gasteiger partial charge in [0.25, 0.3) is 11.8 Å². The van der Waals surface area contributed by atoms with Crippen molar-refractivity contribution >= 4 is 46.4 Å². The van der Waals surface area contributed by atoms with Gasteiger partial charge in [-0.1, -0.05) is 11.6 Å². The summed E-state index contributed by atoms with van der Waals surface area (Å²) in [7, 11) is 0. The summed E-state index contributed by atoms with van der Waals surface area (Å²) >= 11 is 12.2. The first-order valence-corrected chi connectivity index (χ1v) is 12.8. The molecule has 1 aliphatic rings. The number of benzene rings is 3. The van der Waals surface area contributed by atoms with Gasteiger partial charge >= 0.3 is 6.18 Å². The Labute approximate surface area is 242 Å². The Morgan fingerprint density at radius 1 is 0.952 bits per heavy atom. The van der Waals surface area contributed by atoms with Crippen LogP contribution in [-0.4, -0.2) is 26.4 Å². The van der Waals surface area contributed by atoms with Crippen LogP contribution in [0, 0.1) is 11.6 Å². The number of fused-ring (bicyclic) bond motifs is 2. The molecule has 14 heteroatoms. The highest BCUT2D eigenvalue weighted by atomic mass is 35.5. The Morgan fingerprint density at radius 3 is 2.50 bits per heavy atom.